The Hall–Kier alpha value is -2.87. The molecule has 0 fully saturated rings. The van der Waals surface area contributed by atoms with Gasteiger partial charge in [0.05, 0.1) is 16.7 Å². The van der Waals surface area contributed by atoms with Crippen molar-refractivity contribution in [3.8, 4) is 0 Å². The number of hydrogen-bond donors (Lipinski definition) is 2. The lowest BCUT2D eigenvalue weighted by Gasteiger charge is -2.13. The molecule has 7 nitrogen and oxygen atoms in total. The molecule has 0 spiro atoms. The van der Waals surface area contributed by atoms with E-state index in [1.54, 1.807) is 52.0 Å². The van der Waals surface area contributed by atoms with Crippen molar-refractivity contribution in [1.82, 2.24) is 5.32 Å². The highest BCUT2D eigenvalue weighted by Crippen LogP contribution is 2.21. The zero-order chi connectivity index (χ0) is 20.9. The van der Waals surface area contributed by atoms with Gasteiger partial charge in [-0.1, -0.05) is 24.3 Å². The molecule has 0 radical (unpaired) electrons. The van der Waals surface area contributed by atoms with E-state index in [4.69, 9.17) is 4.74 Å². The number of rotatable bonds is 7. The summed E-state index contributed by atoms with van der Waals surface area (Å²) in [6.07, 6.45) is -0.285. The van der Waals surface area contributed by atoms with Gasteiger partial charge < -0.3 is 10.1 Å². The minimum absolute atomic E-state index is 0.0451. The van der Waals surface area contributed by atoms with Crippen LogP contribution in [0.25, 0.3) is 0 Å². The van der Waals surface area contributed by atoms with Crippen LogP contribution in [0.1, 0.15) is 35.3 Å². The maximum Gasteiger partial charge on any atom is 0.325 e. The summed E-state index contributed by atoms with van der Waals surface area (Å²) in [5.41, 5.74) is 2.00. The number of esters is 1. The summed E-state index contributed by atoms with van der Waals surface area (Å²) < 4.78 is 32.9. The average Bonchev–Trinajstić information content (AvgIpc) is 2.61. The number of carbonyl (C=O) groups is 2. The van der Waals surface area contributed by atoms with Crippen LogP contribution in [0.2, 0.25) is 0 Å². The second-order valence-corrected chi connectivity index (χ2v) is 8.30. The molecule has 1 amide bonds. The molecule has 0 aliphatic rings. The van der Waals surface area contributed by atoms with E-state index in [1.807, 2.05) is 6.07 Å². The van der Waals surface area contributed by atoms with Crippen molar-refractivity contribution < 1.29 is 22.7 Å². The molecule has 0 aliphatic heterocycles. The molecule has 8 heteroatoms. The Balaban J connectivity index is 2.21. The van der Waals surface area contributed by atoms with Crippen molar-refractivity contribution in [2.24, 2.45) is 0 Å². The molecule has 0 saturated carbocycles. The van der Waals surface area contributed by atoms with Gasteiger partial charge in [0.1, 0.15) is 6.54 Å². The van der Waals surface area contributed by atoms with Crippen molar-refractivity contribution in [3.05, 3.63) is 59.2 Å². The molecule has 0 heterocycles. The smallest absolute Gasteiger partial charge is 0.325 e. The molecular formula is C20H24N2O5S. The molecule has 0 aliphatic carbocycles. The van der Waals surface area contributed by atoms with E-state index in [-0.39, 0.29) is 23.1 Å². The molecule has 0 aromatic heterocycles. The molecule has 2 N–H and O–H groups in total. The van der Waals surface area contributed by atoms with Crippen molar-refractivity contribution in [3.63, 3.8) is 0 Å². The number of ether oxygens (including phenoxy) is 1. The first-order valence-electron chi connectivity index (χ1n) is 8.77. The standard InChI is InChI=1S/C20H24N2O5S/c1-13(2)27-19(23)12-21-20(24)17-11-16(10-9-14(17)3)28(25,26)22-18-8-6-5-7-15(18)4/h5-11,13,22H,12H2,1-4H3,(H,21,24). The summed E-state index contributed by atoms with van der Waals surface area (Å²) in [7, 11) is -3.88. The third-order valence-corrected chi connectivity index (χ3v) is 5.28. The number of sulfonamides is 1. The van der Waals surface area contributed by atoms with Crippen LogP contribution in [0.4, 0.5) is 5.69 Å². The molecule has 150 valence electrons. The van der Waals surface area contributed by atoms with E-state index < -0.39 is 21.9 Å². The Labute approximate surface area is 165 Å². The summed E-state index contributed by atoms with van der Waals surface area (Å²) in [5, 5.41) is 2.45. The first kappa shape index (κ1) is 21.4. The zero-order valence-corrected chi connectivity index (χ0v) is 17.1. The monoisotopic (exact) mass is 404 g/mol. The van der Waals surface area contributed by atoms with Gasteiger partial charge in [0.2, 0.25) is 0 Å². The SMILES string of the molecule is Cc1ccccc1NS(=O)(=O)c1ccc(C)c(C(=O)NCC(=O)OC(C)C)c1. The maximum atomic E-state index is 12.7. The van der Waals surface area contributed by atoms with E-state index in [2.05, 4.69) is 10.0 Å². The van der Waals surface area contributed by atoms with Crippen LogP contribution in [0.5, 0.6) is 0 Å². The van der Waals surface area contributed by atoms with Crippen LogP contribution in [-0.2, 0) is 19.6 Å². The quantitative estimate of drug-likeness (QED) is 0.691. The number of aryl methyl sites for hydroxylation is 2. The Morgan fingerprint density at radius 3 is 2.36 bits per heavy atom. The van der Waals surface area contributed by atoms with Crippen LogP contribution in [0.3, 0.4) is 0 Å². The van der Waals surface area contributed by atoms with Crippen LogP contribution >= 0.6 is 0 Å². The van der Waals surface area contributed by atoms with Gasteiger partial charge in [0, 0.05) is 5.56 Å². The number of nitrogens with one attached hydrogen (secondary N) is 2. The lowest BCUT2D eigenvalue weighted by atomic mass is 10.1. The van der Waals surface area contributed by atoms with E-state index >= 15 is 0 Å². The topological polar surface area (TPSA) is 102 Å². The van der Waals surface area contributed by atoms with Gasteiger partial charge in [-0.15, -0.1) is 0 Å². The van der Waals surface area contributed by atoms with Crippen molar-refractivity contribution >= 4 is 27.6 Å². The summed E-state index contributed by atoms with van der Waals surface area (Å²) in [4.78, 5) is 24.0. The lowest BCUT2D eigenvalue weighted by Crippen LogP contribution is -2.32. The predicted octanol–water partition coefficient (Wildman–Crippen LogP) is 2.79. The fourth-order valence-corrected chi connectivity index (χ4v) is 3.61. The Morgan fingerprint density at radius 1 is 1.04 bits per heavy atom. The number of anilines is 1. The summed E-state index contributed by atoms with van der Waals surface area (Å²) >= 11 is 0. The van der Waals surface area contributed by atoms with Gasteiger partial charge in [-0.25, -0.2) is 8.42 Å². The third kappa shape index (κ3) is 5.56. The maximum absolute atomic E-state index is 12.7. The largest absolute Gasteiger partial charge is 0.462 e. The minimum atomic E-state index is -3.88. The first-order chi connectivity index (χ1) is 13.1. The van der Waals surface area contributed by atoms with E-state index in [0.717, 1.165) is 5.56 Å². The fraction of sp³-hybridized carbons (Fsp3) is 0.300. The normalized spacial score (nSPS) is 11.2. The van der Waals surface area contributed by atoms with Gasteiger partial charge >= 0.3 is 5.97 Å². The Kier molecular flexibility index (Phi) is 6.80. The van der Waals surface area contributed by atoms with Crippen LogP contribution < -0.4 is 10.0 Å². The third-order valence-electron chi connectivity index (χ3n) is 3.91. The average molecular weight is 404 g/mol. The van der Waals surface area contributed by atoms with E-state index in [9.17, 15) is 18.0 Å². The number of carbonyl (C=O) groups excluding carboxylic acids is 2. The second-order valence-electron chi connectivity index (χ2n) is 6.62. The van der Waals surface area contributed by atoms with Crippen molar-refractivity contribution in [1.29, 1.82) is 0 Å². The van der Waals surface area contributed by atoms with Crippen LogP contribution in [-0.4, -0.2) is 32.9 Å². The van der Waals surface area contributed by atoms with Crippen LogP contribution in [0.15, 0.2) is 47.4 Å². The molecule has 0 bridgehead atoms. The molecule has 0 saturated heterocycles. The Morgan fingerprint density at radius 2 is 1.71 bits per heavy atom. The molecule has 0 atom stereocenters. The summed E-state index contributed by atoms with van der Waals surface area (Å²) in [5.74, 6) is -1.11. The first-order valence-corrected chi connectivity index (χ1v) is 10.3. The van der Waals surface area contributed by atoms with Gasteiger partial charge in [0.15, 0.2) is 0 Å². The molecule has 2 aromatic carbocycles. The number of hydrogen-bond acceptors (Lipinski definition) is 5. The highest BCUT2D eigenvalue weighted by Gasteiger charge is 2.19. The molecule has 28 heavy (non-hydrogen) atoms. The van der Waals surface area contributed by atoms with Gasteiger partial charge in [-0.05, 0) is 57.0 Å². The minimum Gasteiger partial charge on any atom is -0.462 e. The lowest BCUT2D eigenvalue weighted by molar-refractivity contribution is -0.146. The number of para-hydroxylation sites is 1. The zero-order valence-electron chi connectivity index (χ0n) is 16.3. The highest BCUT2D eigenvalue weighted by atomic mass is 32.2. The fourth-order valence-electron chi connectivity index (χ4n) is 2.46. The van der Waals surface area contributed by atoms with Crippen molar-refractivity contribution in [2.75, 3.05) is 11.3 Å². The second kappa shape index (κ2) is 8.88. The van der Waals surface area contributed by atoms with Gasteiger partial charge in [0.25, 0.3) is 15.9 Å². The van der Waals surface area contributed by atoms with Gasteiger partial charge in [-0.3, -0.25) is 14.3 Å². The number of benzene rings is 2. The van der Waals surface area contributed by atoms with Crippen LogP contribution in [0, 0.1) is 13.8 Å². The molecular weight excluding hydrogens is 380 g/mol. The van der Waals surface area contributed by atoms with Crippen molar-refractivity contribution in [2.45, 2.75) is 38.7 Å². The molecule has 2 rings (SSSR count). The van der Waals surface area contributed by atoms with Gasteiger partial charge in [-0.2, -0.15) is 0 Å². The molecule has 2 aromatic rings. The molecule has 0 unspecified atom stereocenters. The summed E-state index contributed by atoms with van der Waals surface area (Å²) in [6, 6.07) is 11.3. The van der Waals surface area contributed by atoms with E-state index in [1.165, 1.54) is 12.1 Å². The predicted molar refractivity (Wildman–Crippen MR) is 107 cm³/mol. The highest BCUT2D eigenvalue weighted by molar-refractivity contribution is 7.92. The Bertz CT molecular complexity index is 984. The number of amides is 1. The van der Waals surface area contributed by atoms with E-state index in [0.29, 0.717) is 11.3 Å². The summed E-state index contributed by atoms with van der Waals surface area (Å²) in [6.45, 7) is 6.60.